The third-order valence-corrected chi connectivity index (χ3v) is 2.84. The minimum absolute atomic E-state index is 0.267. The van der Waals surface area contributed by atoms with Crippen molar-refractivity contribution in [1.29, 1.82) is 0 Å². The van der Waals surface area contributed by atoms with Crippen LogP contribution in [0.2, 0.25) is 0 Å². The Bertz CT molecular complexity index is 370. The van der Waals surface area contributed by atoms with Crippen LogP contribution in [-0.4, -0.2) is 12.2 Å². The maximum Gasteiger partial charge on any atom is 0.124 e. The summed E-state index contributed by atoms with van der Waals surface area (Å²) in [5, 5.41) is 9.60. The molecule has 2 rings (SSSR count). The predicted octanol–water partition coefficient (Wildman–Crippen LogP) is 1.66. The van der Waals surface area contributed by atoms with Crippen LogP contribution in [0.4, 0.5) is 0 Å². The second-order valence-electron chi connectivity index (χ2n) is 4.00. The fourth-order valence-corrected chi connectivity index (χ4v) is 1.63. The van der Waals surface area contributed by atoms with E-state index in [1.165, 1.54) is 0 Å². The third-order valence-electron chi connectivity index (χ3n) is 2.84. The number of hydrogen-bond donors (Lipinski definition) is 2. The summed E-state index contributed by atoms with van der Waals surface area (Å²) in [7, 11) is 1.63. The van der Waals surface area contributed by atoms with Gasteiger partial charge in [-0.1, -0.05) is 0 Å². The Labute approximate surface area is 83.5 Å². The van der Waals surface area contributed by atoms with E-state index in [4.69, 9.17) is 10.5 Å². The Morgan fingerprint density at radius 3 is 2.57 bits per heavy atom. The van der Waals surface area contributed by atoms with E-state index in [-0.39, 0.29) is 11.3 Å². The summed E-state index contributed by atoms with van der Waals surface area (Å²) in [5.41, 5.74) is 7.54. The highest BCUT2D eigenvalue weighted by Crippen LogP contribution is 2.47. The Balaban J connectivity index is 2.52. The highest BCUT2D eigenvalue weighted by molar-refractivity contribution is 5.50. The van der Waals surface area contributed by atoms with Crippen LogP contribution < -0.4 is 10.5 Å². The average molecular weight is 193 g/mol. The van der Waals surface area contributed by atoms with Crippen LogP contribution in [0.25, 0.3) is 0 Å². The van der Waals surface area contributed by atoms with Gasteiger partial charge >= 0.3 is 0 Å². The van der Waals surface area contributed by atoms with Gasteiger partial charge in [-0.3, -0.25) is 0 Å². The van der Waals surface area contributed by atoms with E-state index < -0.39 is 0 Å². The topological polar surface area (TPSA) is 55.5 Å². The number of rotatable bonds is 2. The first-order chi connectivity index (χ1) is 6.57. The number of benzene rings is 1. The first-order valence-electron chi connectivity index (χ1n) is 4.74. The number of phenolic OH excluding ortho intramolecular Hbond substituents is 1. The van der Waals surface area contributed by atoms with Gasteiger partial charge in [0.2, 0.25) is 0 Å². The van der Waals surface area contributed by atoms with Gasteiger partial charge < -0.3 is 15.6 Å². The minimum Gasteiger partial charge on any atom is -0.508 e. The molecule has 0 aromatic heterocycles. The molecule has 3 nitrogen and oxygen atoms in total. The van der Waals surface area contributed by atoms with Gasteiger partial charge in [-0.15, -0.1) is 0 Å². The lowest BCUT2D eigenvalue weighted by atomic mass is 10.0. The zero-order chi connectivity index (χ0) is 10.3. The molecule has 0 saturated heterocycles. The van der Waals surface area contributed by atoms with Crippen molar-refractivity contribution in [3.63, 3.8) is 0 Å². The zero-order valence-electron chi connectivity index (χ0n) is 8.50. The van der Waals surface area contributed by atoms with Crippen LogP contribution >= 0.6 is 0 Å². The number of aromatic hydroxyl groups is 1. The number of aryl methyl sites for hydroxylation is 1. The van der Waals surface area contributed by atoms with E-state index in [0.717, 1.165) is 29.7 Å². The smallest absolute Gasteiger partial charge is 0.124 e. The highest BCUT2D eigenvalue weighted by Gasteiger charge is 2.42. The number of ether oxygens (including phenoxy) is 1. The molecule has 3 heteroatoms. The molecule has 76 valence electrons. The van der Waals surface area contributed by atoms with Crippen molar-refractivity contribution in [3.8, 4) is 11.5 Å². The summed E-state index contributed by atoms with van der Waals surface area (Å²) in [6, 6.07) is 3.55. The molecule has 1 aromatic rings. The molecule has 1 fully saturated rings. The molecular formula is C11H15NO2. The van der Waals surface area contributed by atoms with Crippen LogP contribution in [0, 0.1) is 6.92 Å². The second-order valence-corrected chi connectivity index (χ2v) is 4.00. The Hall–Kier alpha value is -1.22. The molecule has 1 saturated carbocycles. The fraction of sp³-hybridized carbons (Fsp3) is 0.455. The van der Waals surface area contributed by atoms with E-state index in [1.54, 1.807) is 13.2 Å². The maximum absolute atomic E-state index is 9.60. The van der Waals surface area contributed by atoms with Crippen molar-refractivity contribution in [2.75, 3.05) is 7.11 Å². The number of hydrogen-bond acceptors (Lipinski definition) is 3. The Morgan fingerprint density at radius 1 is 1.43 bits per heavy atom. The normalized spacial score (nSPS) is 17.9. The van der Waals surface area contributed by atoms with Gasteiger partial charge in [-0.25, -0.2) is 0 Å². The molecule has 1 aromatic carbocycles. The monoisotopic (exact) mass is 193 g/mol. The Kier molecular flexibility index (Phi) is 1.93. The molecule has 0 amide bonds. The highest BCUT2D eigenvalue weighted by atomic mass is 16.5. The molecular weight excluding hydrogens is 178 g/mol. The maximum atomic E-state index is 9.60. The summed E-state index contributed by atoms with van der Waals surface area (Å²) in [6.45, 7) is 1.84. The van der Waals surface area contributed by atoms with E-state index in [9.17, 15) is 5.11 Å². The summed E-state index contributed by atoms with van der Waals surface area (Å²) < 4.78 is 5.26. The van der Waals surface area contributed by atoms with Gasteiger partial charge in [0.1, 0.15) is 11.5 Å². The molecule has 1 aliphatic rings. The molecule has 0 bridgehead atoms. The largest absolute Gasteiger partial charge is 0.508 e. The van der Waals surface area contributed by atoms with Gasteiger partial charge in [-0.05, 0) is 37.5 Å². The molecule has 0 atom stereocenters. The van der Waals surface area contributed by atoms with Crippen LogP contribution in [0.5, 0.6) is 11.5 Å². The average Bonchev–Trinajstić information content (AvgIpc) is 2.89. The zero-order valence-corrected chi connectivity index (χ0v) is 8.50. The molecule has 0 spiro atoms. The first kappa shape index (κ1) is 9.34. The van der Waals surface area contributed by atoms with Crippen molar-refractivity contribution < 1.29 is 9.84 Å². The lowest BCUT2D eigenvalue weighted by Crippen LogP contribution is -2.19. The van der Waals surface area contributed by atoms with Crippen LogP contribution in [0.15, 0.2) is 12.1 Å². The van der Waals surface area contributed by atoms with E-state index in [1.807, 2.05) is 13.0 Å². The van der Waals surface area contributed by atoms with Crippen molar-refractivity contribution in [1.82, 2.24) is 0 Å². The molecule has 14 heavy (non-hydrogen) atoms. The SMILES string of the molecule is COc1cc(C)c(O)cc1C1(N)CC1. The fourth-order valence-electron chi connectivity index (χ4n) is 1.63. The van der Waals surface area contributed by atoms with Crippen LogP contribution in [0.1, 0.15) is 24.0 Å². The lowest BCUT2D eigenvalue weighted by molar-refractivity contribution is 0.400. The van der Waals surface area contributed by atoms with Gasteiger partial charge in [0.15, 0.2) is 0 Å². The quantitative estimate of drug-likeness (QED) is 0.751. The summed E-state index contributed by atoms with van der Waals surface area (Å²) in [4.78, 5) is 0. The predicted molar refractivity (Wildman–Crippen MR) is 54.5 cm³/mol. The molecule has 0 heterocycles. The molecule has 1 aliphatic carbocycles. The van der Waals surface area contributed by atoms with E-state index in [2.05, 4.69) is 0 Å². The molecule has 0 aliphatic heterocycles. The van der Waals surface area contributed by atoms with Crippen LogP contribution in [-0.2, 0) is 5.54 Å². The summed E-state index contributed by atoms with van der Waals surface area (Å²) >= 11 is 0. The standard InChI is InChI=1S/C11H15NO2/c1-7-5-10(14-2)8(6-9(7)13)11(12)3-4-11/h5-6,13H,3-4,12H2,1-2H3. The number of methoxy groups -OCH3 is 1. The third kappa shape index (κ3) is 1.34. The molecule has 0 unspecified atom stereocenters. The van der Waals surface area contributed by atoms with E-state index in [0.29, 0.717) is 0 Å². The van der Waals surface area contributed by atoms with Crippen LogP contribution in [0.3, 0.4) is 0 Å². The van der Waals surface area contributed by atoms with E-state index >= 15 is 0 Å². The van der Waals surface area contributed by atoms with Gasteiger partial charge in [-0.2, -0.15) is 0 Å². The van der Waals surface area contributed by atoms with Crippen molar-refractivity contribution in [3.05, 3.63) is 23.3 Å². The second kappa shape index (κ2) is 2.89. The Morgan fingerprint density at radius 2 is 2.07 bits per heavy atom. The van der Waals surface area contributed by atoms with Crippen molar-refractivity contribution >= 4 is 0 Å². The number of nitrogens with two attached hydrogens (primary N) is 1. The van der Waals surface area contributed by atoms with Gasteiger partial charge in [0.05, 0.1) is 7.11 Å². The van der Waals surface area contributed by atoms with Gasteiger partial charge in [0, 0.05) is 11.1 Å². The minimum atomic E-state index is -0.267. The summed E-state index contributed by atoms with van der Waals surface area (Å²) in [6.07, 6.45) is 1.93. The first-order valence-corrected chi connectivity index (χ1v) is 4.74. The summed E-state index contributed by atoms with van der Waals surface area (Å²) in [5.74, 6) is 1.07. The molecule has 0 radical (unpaired) electrons. The van der Waals surface area contributed by atoms with Crippen molar-refractivity contribution in [2.24, 2.45) is 5.73 Å². The number of phenols is 1. The molecule has 3 N–H and O–H groups in total. The van der Waals surface area contributed by atoms with Gasteiger partial charge in [0.25, 0.3) is 0 Å². The lowest BCUT2D eigenvalue weighted by Gasteiger charge is -2.15. The van der Waals surface area contributed by atoms with Crippen molar-refractivity contribution in [2.45, 2.75) is 25.3 Å².